The molecule has 0 unspecified atom stereocenters. The van der Waals surface area contributed by atoms with Gasteiger partial charge in [-0.25, -0.2) is 4.98 Å². The van der Waals surface area contributed by atoms with Crippen molar-refractivity contribution in [3.05, 3.63) is 30.1 Å². The highest BCUT2D eigenvalue weighted by atomic mass is 16.2. The molecule has 2 aliphatic heterocycles. The molecule has 2 aromatic rings. The Kier molecular flexibility index (Phi) is 4.57. The third-order valence-corrected chi connectivity index (χ3v) is 6.68. The minimum absolute atomic E-state index is 0.0889. The highest BCUT2D eigenvalue weighted by molar-refractivity contribution is 5.82. The zero-order chi connectivity index (χ0) is 19.1. The second kappa shape index (κ2) is 7.22. The van der Waals surface area contributed by atoms with Gasteiger partial charge in [0.1, 0.15) is 5.82 Å². The molecule has 2 saturated heterocycles. The SMILES string of the molecule is O=C(C1CC1)N1CCC(C(=O)N2CCC(c3nc4ccccc4[nH]3)CC2)CC1. The van der Waals surface area contributed by atoms with Gasteiger partial charge in [0, 0.05) is 43.9 Å². The molecule has 3 aliphatic rings. The van der Waals surface area contributed by atoms with Crippen LogP contribution in [0.25, 0.3) is 11.0 Å². The lowest BCUT2D eigenvalue weighted by molar-refractivity contribution is -0.142. The molecule has 5 rings (SSSR count). The summed E-state index contributed by atoms with van der Waals surface area (Å²) in [5, 5.41) is 0. The number of imidazole rings is 1. The lowest BCUT2D eigenvalue weighted by Crippen LogP contribution is -2.46. The molecule has 6 nitrogen and oxygen atoms in total. The van der Waals surface area contributed by atoms with Crippen LogP contribution in [0.3, 0.4) is 0 Å². The van der Waals surface area contributed by atoms with Gasteiger partial charge in [-0.2, -0.15) is 0 Å². The van der Waals surface area contributed by atoms with E-state index in [9.17, 15) is 9.59 Å². The van der Waals surface area contributed by atoms with Crippen LogP contribution in [0.1, 0.15) is 50.3 Å². The molecule has 1 N–H and O–H groups in total. The van der Waals surface area contributed by atoms with E-state index in [0.29, 0.717) is 17.7 Å². The Hall–Kier alpha value is -2.37. The van der Waals surface area contributed by atoms with Gasteiger partial charge in [-0.3, -0.25) is 9.59 Å². The minimum atomic E-state index is 0.0889. The van der Waals surface area contributed by atoms with Crippen LogP contribution in [0.15, 0.2) is 24.3 Å². The van der Waals surface area contributed by atoms with E-state index < -0.39 is 0 Å². The Morgan fingerprint density at radius 2 is 1.39 bits per heavy atom. The molecule has 3 heterocycles. The van der Waals surface area contributed by atoms with Crippen LogP contribution in [0.2, 0.25) is 0 Å². The van der Waals surface area contributed by atoms with Crippen molar-refractivity contribution in [2.45, 2.75) is 44.4 Å². The van der Waals surface area contributed by atoms with Crippen molar-refractivity contribution < 1.29 is 9.59 Å². The van der Waals surface area contributed by atoms with Crippen molar-refractivity contribution >= 4 is 22.8 Å². The normalized spacial score (nSPS) is 22.0. The van der Waals surface area contributed by atoms with Gasteiger partial charge in [0.2, 0.25) is 11.8 Å². The number of nitrogens with one attached hydrogen (secondary N) is 1. The summed E-state index contributed by atoms with van der Waals surface area (Å²) in [5.74, 6) is 2.43. The molecule has 2 amide bonds. The predicted octanol–water partition coefficient (Wildman–Crippen LogP) is 2.92. The average Bonchev–Trinajstić information content (AvgIpc) is 3.51. The maximum Gasteiger partial charge on any atom is 0.225 e. The smallest absolute Gasteiger partial charge is 0.225 e. The number of H-pyrrole nitrogens is 1. The fraction of sp³-hybridized carbons (Fsp3) is 0.591. The van der Waals surface area contributed by atoms with Gasteiger partial charge in [-0.1, -0.05) is 12.1 Å². The quantitative estimate of drug-likeness (QED) is 0.890. The topological polar surface area (TPSA) is 69.3 Å². The first-order valence-corrected chi connectivity index (χ1v) is 10.7. The molecule has 1 aromatic carbocycles. The number of benzene rings is 1. The molecular weight excluding hydrogens is 352 g/mol. The van der Waals surface area contributed by atoms with Gasteiger partial charge in [-0.15, -0.1) is 0 Å². The Labute approximate surface area is 165 Å². The number of amides is 2. The van der Waals surface area contributed by atoms with Crippen molar-refractivity contribution in [2.24, 2.45) is 11.8 Å². The Balaban J connectivity index is 1.14. The summed E-state index contributed by atoms with van der Waals surface area (Å²) in [6.45, 7) is 3.12. The molecule has 3 fully saturated rings. The first-order chi connectivity index (χ1) is 13.7. The number of carbonyl (C=O) groups excluding carboxylic acids is 2. The van der Waals surface area contributed by atoms with E-state index >= 15 is 0 Å². The molecule has 148 valence electrons. The third kappa shape index (κ3) is 3.40. The van der Waals surface area contributed by atoms with E-state index in [1.54, 1.807) is 0 Å². The van der Waals surface area contributed by atoms with Gasteiger partial charge in [-0.05, 0) is 50.7 Å². The highest BCUT2D eigenvalue weighted by Crippen LogP contribution is 2.33. The number of hydrogen-bond donors (Lipinski definition) is 1. The number of aromatic amines is 1. The fourth-order valence-electron chi connectivity index (χ4n) is 4.73. The van der Waals surface area contributed by atoms with Crippen LogP contribution in [-0.4, -0.2) is 57.8 Å². The monoisotopic (exact) mass is 380 g/mol. The Morgan fingerprint density at radius 3 is 2.00 bits per heavy atom. The van der Waals surface area contributed by atoms with Gasteiger partial charge >= 0.3 is 0 Å². The number of piperidine rings is 2. The molecule has 1 aromatic heterocycles. The molecule has 6 heteroatoms. The van der Waals surface area contributed by atoms with E-state index in [1.807, 2.05) is 28.0 Å². The standard InChI is InChI=1S/C22H28N4O2/c27-21(16-5-6-16)26-13-9-17(10-14-26)22(28)25-11-7-15(8-12-25)20-23-18-3-1-2-4-19(18)24-20/h1-4,15-17H,5-14H2,(H,23,24). The average molecular weight is 380 g/mol. The fourth-order valence-corrected chi connectivity index (χ4v) is 4.73. The van der Waals surface area contributed by atoms with E-state index in [4.69, 9.17) is 4.98 Å². The maximum atomic E-state index is 13.0. The van der Waals surface area contributed by atoms with Gasteiger partial charge in [0.25, 0.3) is 0 Å². The van der Waals surface area contributed by atoms with E-state index in [2.05, 4.69) is 11.1 Å². The van der Waals surface area contributed by atoms with Crippen molar-refractivity contribution in [1.82, 2.24) is 19.8 Å². The zero-order valence-corrected chi connectivity index (χ0v) is 16.3. The van der Waals surface area contributed by atoms with Gasteiger partial charge in [0.15, 0.2) is 0 Å². The molecule has 1 saturated carbocycles. The van der Waals surface area contributed by atoms with Gasteiger partial charge in [0.05, 0.1) is 11.0 Å². The Morgan fingerprint density at radius 1 is 0.821 bits per heavy atom. The van der Waals surface area contributed by atoms with Crippen LogP contribution in [0, 0.1) is 11.8 Å². The van der Waals surface area contributed by atoms with Crippen molar-refractivity contribution in [1.29, 1.82) is 0 Å². The van der Waals surface area contributed by atoms with E-state index in [0.717, 1.165) is 81.6 Å². The van der Waals surface area contributed by atoms with Gasteiger partial charge < -0.3 is 14.8 Å². The number of aromatic nitrogens is 2. The summed E-state index contributed by atoms with van der Waals surface area (Å²) >= 11 is 0. The number of rotatable bonds is 3. The lowest BCUT2D eigenvalue weighted by Gasteiger charge is -2.37. The predicted molar refractivity (Wildman–Crippen MR) is 107 cm³/mol. The molecule has 0 spiro atoms. The number of likely N-dealkylation sites (tertiary alicyclic amines) is 2. The first-order valence-electron chi connectivity index (χ1n) is 10.7. The van der Waals surface area contributed by atoms with Crippen LogP contribution in [0.4, 0.5) is 0 Å². The van der Waals surface area contributed by atoms with Crippen LogP contribution >= 0.6 is 0 Å². The largest absolute Gasteiger partial charge is 0.342 e. The maximum absolute atomic E-state index is 13.0. The number of hydrogen-bond acceptors (Lipinski definition) is 3. The zero-order valence-electron chi connectivity index (χ0n) is 16.3. The molecule has 0 bridgehead atoms. The Bertz CT molecular complexity index is 839. The van der Waals surface area contributed by atoms with Crippen LogP contribution in [0.5, 0.6) is 0 Å². The first kappa shape index (κ1) is 17.7. The van der Waals surface area contributed by atoms with E-state index in [-0.39, 0.29) is 11.8 Å². The van der Waals surface area contributed by atoms with Crippen LogP contribution < -0.4 is 0 Å². The second-order valence-electron chi connectivity index (χ2n) is 8.61. The van der Waals surface area contributed by atoms with Crippen molar-refractivity contribution in [2.75, 3.05) is 26.2 Å². The summed E-state index contributed by atoms with van der Waals surface area (Å²) in [7, 11) is 0. The number of fused-ring (bicyclic) bond motifs is 1. The summed E-state index contributed by atoms with van der Waals surface area (Å²) in [6, 6.07) is 8.13. The molecule has 1 aliphatic carbocycles. The second-order valence-corrected chi connectivity index (χ2v) is 8.61. The molecule has 28 heavy (non-hydrogen) atoms. The molecule has 0 atom stereocenters. The minimum Gasteiger partial charge on any atom is -0.342 e. The lowest BCUT2D eigenvalue weighted by atomic mass is 9.91. The van der Waals surface area contributed by atoms with Crippen molar-refractivity contribution in [3.8, 4) is 0 Å². The number of nitrogens with zero attached hydrogens (tertiary/aromatic N) is 3. The van der Waals surface area contributed by atoms with Crippen LogP contribution in [-0.2, 0) is 9.59 Å². The van der Waals surface area contributed by atoms with E-state index in [1.165, 1.54) is 0 Å². The number of carbonyl (C=O) groups is 2. The molecule has 0 radical (unpaired) electrons. The summed E-state index contributed by atoms with van der Waals surface area (Å²) in [4.78, 5) is 37.4. The third-order valence-electron chi connectivity index (χ3n) is 6.68. The highest BCUT2D eigenvalue weighted by Gasteiger charge is 2.37. The summed E-state index contributed by atoms with van der Waals surface area (Å²) < 4.78 is 0. The van der Waals surface area contributed by atoms with Crippen molar-refractivity contribution in [3.63, 3.8) is 0 Å². The number of para-hydroxylation sites is 2. The summed E-state index contributed by atoms with van der Waals surface area (Å²) in [6.07, 6.45) is 5.67. The molecular formula is C22H28N4O2. The summed E-state index contributed by atoms with van der Waals surface area (Å²) in [5.41, 5.74) is 2.10.